The van der Waals surface area contributed by atoms with Gasteiger partial charge in [-0.15, -0.1) is 0 Å². The molecule has 0 fully saturated rings. The van der Waals surface area contributed by atoms with Gasteiger partial charge in [-0.25, -0.2) is 0 Å². The Hall–Kier alpha value is -1.52. The van der Waals surface area contributed by atoms with Crippen LogP contribution in [0.5, 0.6) is 0 Å². The molecule has 2 atom stereocenters. The van der Waals surface area contributed by atoms with Crippen LogP contribution in [0.15, 0.2) is 24.4 Å². The van der Waals surface area contributed by atoms with Gasteiger partial charge in [0.25, 0.3) is 0 Å². The van der Waals surface area contributed by atoms with Gasteiger partial charge in [-0.05, 0) is 75.6 Å². The van der Waals surface area contributed by atoms with Crippen LogP contribution in [0.25, 0.3) is 10.9 Å². The Labute approximate surface area is 181 Å². The van der Waals surface area contributed by atoms with Crippen molar-refractivity contribution < 1.29 is 9.69 Å². The highest BCUT2D eigenvalue weighted by atomic mass is 35.5. The molecule has 2 aromatic rings. The first-order valence-electron chi connectivity index (χ1n) is 11.2. The van der Waals surface area contributed by atoms with E-state index in [4.69, 9.17) is 11.6 Å². The minimum atomic E-state index is 0.148. The Morgan fingerprint density at radius 3 is 2.59 bits per heavy atom. The lowest BCUT2D eigenvalue weighted by atomic mass is 9.87. The van der Waals surface area contributed by atoms with Crippen molar-refractivity contribution in [2.24, 2.45) is 5.92 Å². The number of hydrogen-bond donors (Lipinski definition) is 3. The number of quaternary nitrogens is 1. The van der Waals surface area contributed by atoms with E-state index in [2.05, 4.69) is 51.1 Å². The van der Waals surface area contributed by atoms with E-state index in [-0.39, 0.29) is 17.9 Å². The van der Waals surface area contributed by atoms with Crippen LogP contribution in [0.4, 0.5) is 0 Å². The van der Waals surface area contributed by atoms with Crippen LogP contribution >= 0.6 is 11.6 Å². The quantitative estimate of drug-likeness (QED) is 0.463. The molecule has 1 heterocycles. The average Bonchev–Trinajstić information content (AvgIpc) is 3.07. The van der Waals surface area contributed by atoms with Crippen LogP contribution in [0.1, 0.15) is 71.8 Å². The summed E-state index contributed by atoms with van der Waals surface area (Å²) in [6, 6.07) is 6.13. The third-order valence-corrected chi connectivity index (χ3v) is 6.11. The molecule has 3 N–H and O–H groups in total. The molecular formula is C24H39ClN3O+. The van der Waals surface area contributed by atoms with Gasteiger partial charge < -0.3 is 15.2 Å². The van der Waals surface area contributed by atoms with Gasteiger partial charge in [-0.3, -0.25) is 4.79 Å². The number of H-pyrrole nitrogens is 1. The minimum absolute atomic E-state index is 0.148. The molecule has 4 nitrogen and oxygen atoms in total. The van der Waals surface area contributed by atoms with Crippen LogP contribution in [0, 0.1) is 5.92 Å². The zero-order valence-corrected chi connectivity index (χ0v) is 19.5. The van der Waals surface area contributed by atoms with Crippen LogP contribution in [-0.2, 0) is 4.79 Å². The second-order valence-electron chi connectivity index (χ2n) is 8.78. The topological polar surface area (TPSA) is 49.3 Å². The lowest BCUT2D eigenvalue weighted by Gasteiger charge is -2.21. The first-order valence-corrected chi connectivity index (χ1v) is 11.6. The van der Waals surface area contributed by atoms with E-state index in [0.29, 0.717) is 12.3 Å². The molecule has 0 aliphatic carbocycles. The summed E-state index contributed by atoms with van der Waals surface area (Å²) >= 11 is 6.23. The number of aromatic nitrogens is 1. The highest BCUT2D eigenvalue weighted by molar-refractivity contribution is 6.31. The fourth-order valence-electron chi connectivity index (χ4n) is 4.23. The standard InChI is InChI=1S/C24H38ClN3O/c1-6-28(7-2)12-8-9-18(5)27-24(29)14-19(13-17(3)4)22-16-26-23-11-10-20(25)15-21(22)23/h10-11,15-19,26H,6-9,12-14H2,1-5H3,(H,27,29)/p+1/t18-,19+/m1/s1. The van der Waals surface area contributed by atoms with Crippen molar-refractivity contribution >= 4 is 28.4 Å². The molecular weight excluding hydrogens is 382 g/mol. The molecule has 0 bridgehead atoms. The molecule has 2 rings (SSSR count). The Morgan fingerprint density at radius 2 is 1.93 bits per heavy atom. The summed E-state index contributed by atoms with van der Waals surface area (Å²) in [6.07, 6.45) is 5.73. The van der Waals surface area contributed by atoms with Crippen molar-refractivity contribution in [1.82, 2.24) is 10.3 Å². The number of benzene rings is 1. The first kappa shape index (κ1) is 23.8. The summed E-state index contributed by atoms with van der Waals surface area (Å²) in [4.78, 5) is 17.8. The minimum Gasteiger partial charge on any atom is -0.361 e. The molecule has 5 heteroatoms. The van der Waals surface area contributed by atoms with Crippen molar-refractivity contribution in [3.8, 4) is 0 Å². The predicted octanol–water partition coefficient (Wildman–Crippen LogP) is 4.55. The van der Waals surface area contributed by atoms with Gasteiger partial charge in [-0.1, -0.05) is 25.4 Å². The van der Waals surface area contributed by atoms with Crippen molar-refractivity contribution in [2.45, 2.75) is 72.3 Å². The highest BCUT2D eigenvalue weighted by Gasteiger charge is 2.21. The Balaban J connectivity index is 1.98. The molecule has 29 heavy (non-hydrogen) atoms. The van der Waals surface area contributed by atoms with E-state index in [9.17, 15) is 4.79 Å². The molecule has 0 spiro atoms. The molecule has 1 aromatic heterocycles. The van der Waals surface area contributed by atoms with Crippen molar-refractivity contribution in [1.29, 1.82) is 0 Å². The summed E-state index contributed by atoms with van der Waals surface area (Å²) < 4.78 is 0. The van der Waals surface area contributed by atoms with Gasteiger partial charge in [0, 0.05) is 34.6 Å². The third-order valence-electron chi connectivity index (χ3n) is 5.88. The van der Waals surface area contributed by atoms with Gasteiger partial charge in [0.15, 0.2) is 0 Å². The SMILES string of the molecule is CC[NH+](CC)CCC[C@@H](C)NC(=O)C[C@H](CC(C)C)c1c[nH]c2ccc(Cl)cc12. The second-order valence-corrected chi connectivity index (χ2v) is 9.22. The van der Waals surface area contributed by atoms with Gasteiger partial charge in [0.2, 0.25) is 5.91 Å². The van der Waals surface area contributed by atoms with E-state index >= 15 is 0 Å². The monoisotopic (exact) mass is 420 g/mol. The average molecular weight is 421 g/mol. The van der Waals surface area contributed by atoms with Crippen LogP contribution in [-0.4, -0.2) is 36.6 Å². The molecule has 0 aliphatic heterocycles. The first-order chi connectivity index (χ1) is 13.8. The number of carbonyl (C=O) groups is 1. The smallest absolute Gasteiger partial charge is 0.220 e. The number of rotatable bonds is 12. The molecule has 1 amide bonds. The molecule has 1 aromatic carbocycles. The number of halogens is 1. The fourth-order valence-corrected chi connectivity index (χ4v) is 4.41. The Bertz CT molecular complexity index is 767. The largest absolute Gasteiger partial charge is 0.361 e. The van der Waals surface area contributed by atoms with E-state index in [1.54, 1.807) is 4.90 Å². The van der Waals surface area contributed by atoms with E-state index in [1.165, 1.54) is 25.2 Å². The molecule has 0 saturated heterocycles. The van der Waals surface area contributed by atoms with Crippen molar-refractivity contribution in [2.75, 3.05) is 19.6 Å². The molecule has 0 saturated carbocycles. The zero-order chi connectivity index (χ0) is 21.4. The summed E-state index contributed by atoms with van der Waals surface area (Å²) in [5.74, 6) is 0.857. The summed E-state index contributed by atoms with van der Waals surface area (Å²) in [6.45, 7) is 14.5. The fraction of sp³-hybridized carbons (Fsp3) is 0.625. The number of hydrogen-bond acceptors (Lipinski definition) is 1. The number of fused-ring (bicyclic) bond motifs is 1. The third kappa shape index (κ3) is 7.35. The van der Waals surface area contributed by atoms with Crippen molar-refractivity contribution in [3.05, 3.63) is 35.0 Å². The molecule has 162 valence electrons. The van der Waals surface area contributed by atoms with E-state index in [0.717, 1.165) is 35.2 Å². The maximum atomic E-state index is 12.8. The van der Waals surface area contributed by atoms with E-state index < -0.39 is 0 Å². The number of nitrogens with one attached hydrogen (secondary N) is 3. The van der Waals surface area contributed by atoms with Crippen LogP contribution < -0.4 is 10.2 Å². The lowest BCUT2D eigenvalue weighted by Crippen LogP contribution is -3.11. The maximum absolute atomic E-state index is 12.8. The number of carbonyl (C=O) groups excluding carboxylic acids is 1. The summed E-state index contributed by atoms with van der Waals surface area (Å²) in [5, 5.41) is 5.09. The Morgan fingerprint density at radius 1 is 1.21 bits per heavy atom. The van der Waals surface area contributed by atoms with Gasteiger partial charge in [0.1, 0.15) is 0 Å². The van der Waals surface area contributed by atoms with Crippen molar-refractivity contribution in [3.63, 3.8) is 0 Å². The molecule has 0 unspecified atom stereocenters. The zero-order valence-electron chi connectivity index (χ0n) is 18.8. The molecule has 0 radical (unpaired) electrons. The predicted molar refractivity (Wildman–Crippen MR) is 124 cm³/mol. The molecule has 0 aliphatic rings. The van der Waals surface area contributed by atoms with Gasteiger partial charge >= 0.3 is 0 Å². The summed E-state index contributed by atoms with van der Waals surface area (Å²) in [7, 11) is 0. The number of aromatic amines is 1. The second kappa shape index (κ2) is 11.6. The van der Waals surface area contributed by atoms with Gasteiger partial charge in [0.05, 0.1) is 19.6 Å². The van der Waals surface area contributed by atoms with Crippen LogP contribution in [0.3, 0.4) is 0 Å². The van der Waals surface area contributed by atoms with E-state index in [1.807, 2.05) is 18.2 Å². The maximum Gasteiger partial charge on any atom is 0.220 e. The highest BCUT2D eigenvalue weighted by Crippen LogP contribution is 2.34. The summed E-state index contributed by atoms with van der Waals surface area (Å²) in [5.41, 5.74) is 2.27. The van der Waals surface area contributed by atoms with Crippen LogP contribution in [0.2, 0.25) is 5.02 Å². The van der Waals surface area contributed by atoms with Gasteiger partial charge in [-0.2, -0.15) is 0 Å². The lowest BCUT2D eigenvalue weighted by molar-refractivity contribution is -0.896. The normalized spacial score (nSPS) is 13.9. The Kier molecular flexibility index (Phi) is 9.51. The number of amides is 1.